The highest BCUT2D eigenvalue weighted by atomic mass is 79.9. The lowest BCUT2D eigenvalue weighted by atomic mass is 10.1. The molecule has 0 aliphatic heterocycles. The number of halogens is 1. The maximum atomic E-state index is 12.7. The van der Waals surface area contributed by atoms with Gasteiger partial charge in [-0.05, 0) is 46.3 Å². The van der Waals surface area contributed by atoms with Crippen molar-refractivity contribution in [2.24, 2.45) is 0 Å². The van der Waals surface area contributed by atoms with Crippen LogP contribution in [-0.4, -0.2) is 40.3 Å². The number of methoxy groups -OCH3 is 4. The molecule has 0 heterocycles. The number of carbonyl (C=O) groups is 2. The summed E-state index contributed by atoms with van der Waals surface area (Å²) in [6, 6.07) is 7.88. The fourth-order valence-corrected chi connectivity index (χ4v) is 2.93. The molecule has 2 rings (SSSR count). The van der Waals surface area contributed by atoms with E-state index in [1.165, 1.54) is 28.4 Å². The smallest absolute Gasteiger partial charge is 0.337 e. The van der Waals surface area contributed by atoms with Crippen molar-refractivity contribution < 1.29 is 28.5 Å². The summed E-state index contributed by atoms with van der Waals surface area (Å²) in [5.74, 6) is 0.245. The molecular formula is C18H18BrNO6. The van der Waals surface area contributed by atoms with Gasteiger partial charge in [0.05, 0.1) is 44.0 Å². The third kappa shape index (κ3) is 3.91. The van der Waals surface area contributed by atoms with Gasteiger partial charge in [0, 0.05) is 5.69 Å². The van der Waals surface area contributed by atoms with E-state index in [2.05, 4.69) is 26.0 Å². The topological polar surface area (TPSA) is 83.1 Å². The number of anilines is 1. The highest BCUT2D eigenvalue weighted by molar-refractivity contribution is 9.10. The molecule has 1 amide bonds. The van der Waals surface area contributed by atoms with E-state index in [0.29, 0.717) is 38.5 Å². The summed E-state index contributed by atoms with van der Waals surface area (Å²) in [6.45, 7) is 0. The van der Waals surface area contributed by atoms with Gasteiger partial charge >= 0.3 is 5.97 Å². The standard InChI is InChI=1S/C18H18BrNO6/c1-23-13-9-12(14(19)16(25-3)15(13)24-2)17(21)20-11-7-5-10(6-8-11)18(22)26-4/h5-9H,1-4H3,(H,20,21). The van der Waals surface area contributed by atoms with E-state index in [-0.39, 0.29) is 5.91 Å². The van der Waals surface area contributed by atoms with Crippen molar-refractivity contribution in [1.82, 2.24) is 0 Å². The molecule has 0 aliphatic carbocycles. The van der Waals surface area contributed by atoms with E-state index in [1.807, 2.05) is 0 Å². The van der Waals surface area contributed by atoms with Crippen LogP contribution >= 0.6 is 15.9 Å². The highest BCUT2D eigenvalue weighted by Gasteiger charge is 2.23. The predicted molar refractivity (Wildman–Crippen MR) is 99.5 cm³/mol. The van der Waals surface area contributed by atoms with Crippen LogP contribution in [0.2, 0.25) is 0 Å². The minimum absolute atomic E-state index is 0.302. The number of hydrogen-bond acceptors (Lipinski definition) is 6. The zero-order valence-electron chi connectivity index (χ0n) is 14.7. The van der Waals surface area contributed by atoms with Crippen LogP contribution < -0.4 is 19.5 Å². The molecule has 0 aliphatic rings. The number of benzene rings is 2. The second-order valence-electron chi connectivity index (χ2n) is 5.03. The van der Waals surface area contributed by atoms with Crippen LogP contribution in [0.15, 0.2) is 34.8 Å². The largest absolute Gasteiger partial charge is 0.493 e. The van der Waals surface area contributed by atoms with Gasteiger partial charge < -0.3 is 24.3 Å². The van der Waals surface area contributed by atoms with Crippen molar-refractivity contribution >= 4 is 33.5 Å². The second kappa shape index (κ2) is 8.57. The molecule has 138 valence electrons. The van der Waals surface area contributed by atoms with Gasteiger partial charge in [-0.15, -0.1) is 0 Å². The molecule has 1 N–H and O–H groups in total. The summed E-state index contributed by atoms with van der Waals surface area (Å²) in [5, 5.41) is 2.75. The average molecular weight is 424 g/mol. The van der Waals surface area contributed by atoms with Crippen LogP contribution in [-0.2, 0) is 4.74 Å². The molecule has 0 saturated carbocycles. The van der Waals surface area contributed by atoms with Gasteiger partial charge in [0.1, 0.15) is 0 Å². The van der Waals surface area contributed by atoms with E-state index in [4.69, 9.17) is 14.2 Å². The molecule has 0 aromatic heterocycles. The first-order valence-corrected chi connectivity index (χ1v) is 8.24. The highest BCUT2D eigenvalue weighted by Crippen LogP contribution is 2.44. The number of hydrogen-bond donors (Lipinski definition) is 1. The Labute approximate surface area is 159 Å². The third-order valence-electron chi connectivity index (χ3n) is 3.58. The van der Waals surface area contributed by atoms with Crippen LogP contribution in [0.3, 0.4) is 0 Å². The molecule has 26 heavy (non-hydrogen) atoms. The van der Waals surface area contributed by atoms with Crippen molar-refractivity contribution in [3.05, 3.63) is 45.9 Å². The Morgan fingerprint density at radius 2 is 1.54 bits per heavy atom. The Morgan fingerprint density at radius 3 is 2.04 bits per heavy atom. The SMILES string of the molecule is COC(=O)c1ccc(NC(=O)c2cc(OC)c(OC)c(OC)c2Br)cc1. The summed E-state index contributed by atoms with van der Waals surface area (Å²) in [5.41, 5.74) is 1.21. The summed E-state index contributed by atoms with van der Waals surface area (Å²) in [7, 11) is 5.73. The zero-order chi connectivity index (χ0) is 19.3. The van der Waals surface area contributed by atoms with E-state index in [9.17, 15) is 9.59 Å². The van der Waals surface area contributed by atoms with Gasteiger partial charge in [-0.3, -0.25) is 4.79 Å². The molecule has 0 radical (unpaired) electrons. The third-order valence-corrected chi connectivity index (χ3v) is 4.37. The average Bonchev–Trinajstić information content (AvgIpc) is 2.67. The summed E-state index contributed by atoms with van der Waals surface area (Å²) >= 11 is 3.37. The van der Waals surface area contributed by atoms with Crippen molar-refractivity contribution in [1.29, 1.82) is 0 Å². The minimum Gasteiger partial charge on any atom is -0.493 e. The van der Waals surface area contributed by atoms with Crippen LogP contribution in [0.5, 0.6) is 17.2 Å². The molecule has 2 aromatic rings. The Morgan fingerprint density at radius 1 is 0.923 bits per heavy atom. The molecule has 0 unspecified atom stereocenters. The summed E-state index contributed by atoms with van der Waals surface area (Å²) in [4.78, 5) is 24.1. The van der Waals surface area contributed by atoms with Crippen LogP contribution in [0.4, 0.5) is 5.69 Å². The molecule has 0 bridgehead atoms. The van der Waals surface area contributed by atoms with Gasteiger partial charge in [-0.2, -0.15) is 0 Å². The van der Waals surface area contributed by atoms with E-state index < -0.39 is 5.97 Å². The first kappa shape index (κ1) is 19.6. The van der Waals surface area contributed by atoms with Crippen LogP contribution in [0.25, 0.3) is 0 Å². The molecule has 0 spiro atoms. The lowest BCUT2D eigenvalue weighted by Crippen LogP contribution is -2.14. The molecule has 0 saturated heterocycles. The molecule has 2 aromatic carbocycles. The Kier molecular flexibility index (Phi) is 6.46. The van der Waals surface area contributed by atoms with E-state index >= 15 is 0 Å². The van der Waals surface area contributed by atoms with Crippen molar-refractivity contribution in [3.8, 4) is 17.2 Å². The Hall–Kier alpha value is -2.74. The van der Waals surface area contributed by atoms with Gasteiger partial charge in [-0.25, -0.2) is 4.79 Å². The predicted octanol–water partition coefficient (Wildman–Crippen LogP) is 3.51. The number of esters is 1. The fourth-order valence-electron chi connectivity index (χ4n) is 2.29. The molecule has 7 nitrogen and oxygen atoms in total. The first-order chi connectivity index (χ1) is 12.5. The van der Waals surface area contributed by atoms with Crippen molar-refractivity contribution in [2.45, 2.75) is 0 Å². The zero-order valence-corrected chi connectivity index (χ0v) is 16.3. The lowest BCUT2D eigenvalue weighted by Gasteiger charge is -2.16. The first-order valence-electron chi connectivity index (χ1n) is 7.45. The minimum atomic E-state index is -0.449. The maximum absolute atomic E-state index is 12.7. The molecule has 0 atom stereocenters. The lowest BCUT2D eigenvalue weighted by molar-refractivity contribution is 0.0600. The maximum Gasteiger partial charge on any atom is 0.337 e. The van der Waals surface area contributed by atoms with Crippen LogP contribution in [0.1, 0.15) is 20.7 Å². The molecular weight excluding hydrogens is 406 g/mol. The number of rotatable bonds is 6. The van der Waals surface area contributed by atoms with Gasteiger partial charge in [0.15, 0.2) is 11.5 Å². The number of ether oxygens (including phenoxy) is 4. The number of amides is 1. The normalized spacial score (nSPS) is 10.0. The summed E-state index contributed by atoms with van der Waals surface area (Å²) < 4.78 is 21.0. The molecule has 0 fully saturated rings. The second-order valence-corrected chi connectivity index (χ2v) is 5.82. The quantitative estimate of drug-likeness (QED) is 0.715. The Balaban J connectivity index is 2.33. The van der Waals surface area contributed by atoms with Crippen molar-refractivity contribution in [2.75, 3.05) is 33.8 Å². The van der Waals surface area contributed by atoms with E-state index in [0.717, 1.165) is 0 Å². The van der Waals surface area contributed by atoms with Crippen LogP contribution in [0, 0.1) is 0 Å². The van der Waals surface area contributed by atoms with Gasteiger partial charge in [0.25, 0.3) is 5.91 Å². The van der Waals surface area contributed by atoms with Gasteiger partial charge in [-0.1, -0.05) is 0 Å². The summed E-state index contributed by atoms with van der Waals surface area (Å²) in [6.07, 6.45) is 0. The molecule has 8 heteroatoms. The number of carbonyl (C=O) groups excluding carboxylic acids is 2. The van der Waals surface area contributed by atoms with Gasteiger partial charge in [0.2, 0.25) is 5.75 Å². The Bertz CT molecular complexity index is 819. The fraction of sp³-hybridized carbons (Fsp3) is 0.222. The van der Waals surface area contributed by atoms with Crippen molar-refractivity contribution in [3.63, 3.8) is 0 Å². The monoisotopic (exact) mass is 423 g/mol. The van der Waals surface area contributed by atoms with E-state index in [1.54, 1.807) is 30.3 Å². The number of nitrogens with one attached hydrogen (secondary N) is 1.